The number of fused-ring (bicyclic) bond motifs is 1. The Bertz CT molecular complexity index is 1500. The smallest absolute Gasteiger partial charge is 0.337 e. The van der Waals surface area contributed by atoms with Gasteiger partial charge in [-0.05, 0) is 61.9 Å². The van der Waals surface area contributed by atoms with Crippen LogP contribution in [-0.4, -0.2) is 44.8 Å². The van der Waals surface area contributed by atoms with Crippen molar-refractivity contribution >= 4 is 35.7 Å². The van der Waals surface area contributed by atoms with E-state index in [0.29, 0.717) is 28.3 Å². The summed E-state index contributed by atoms with van der Waals surface area (Å²) in [5.41, 5.74) is 2.90. The molecule has 0 N–H and O–H groups in total. The fourth-order valence-corrected chi connectivity index (χ4v) is 4.32. The number of nitrogens with zero attached hydrogens (tertiary/aromatic N) is 1. The van der Waals surface area contributed by atoms with Gasteiger partial charge in [-0.2, -0.15) is 0 Å². The Hall–Kier alpha value is -4.85. The summed E-state index contributed by atoms with van der Waals surface area (Å²) in [4.78, 5) is 39.4. The van der Waals surface area contributed by atoms with E-state index in [-0.39, 0.29) is 18.0 Å². The lowest BCUT2D eigenvalue weighted by Crippen LogP contribution is -2.31. The van der Waals surface area contributed by atoms with E-state index in [2.05, 4.69) is 0 Å². The van der Waals surface area contributed by atoms with Crippen LogP contribution in [0.15, 0.2) is 72.8 Å². The molecule has 0 saturated heterocycles. The minimum absolute atomic E-state index is 0.134. The number of hydrogen-bond donors (Lipinski definition) is 0. The Morgan fingerprint density at radius 1 is 0.925 bits per heavy atom. The second kappa shape index (κ2) is 11.9. The van der Waals surface area contributed by atoms with Gasteiger partial charge in [0.2, 0.25) is 0 Å². The van der Waals surface area contributed by atoms with Crippen LogP contribution in [0, 0.1) is 0 Å². The largest absolute Gasteiger partial charge is 0.492 e. The zero-order valence-electron chi connectivity index (χ0n) is 23.1. The molecule has 0 aliphatic carbocycles. The van der Waals surface area contributed by atoms with Gasteiger partial charge in [0.15, 0.2) is 11.5 Å². The van der Waals surface area contributed by atoms with Crippen LogP contribution in [-0.2, 0) is 20.8 Å². The standard InChI is InChI=1S/C32H31NO7/c1-32(2)17-16-22-13-14-25(28(38-4)29(22)40-32)20-33(26-11-6-8-21(18-26)12-15-27(34)37-3)30(35)23-9-7-10-24(19-23)31(36)39-5/h6-19H,20H2,1-5H3. The van der Waals surface area contributed by atoms with Crippen molar-refractivity contribution in [2.45, 2.75) is 26.0 Å². The summed E-state index contributed by atoms with van der Waals surface area (Å²) in [7, 11) is 4.16. The van der Waals surface area contributed by atoms with Crippen LogP contribution in [0.4, 0.5) is 5.69 Å². The van der Waals surface area contributed by atoms with Gasteiger partial charge in [-0.1, -0.05) is 36.4 Å². The fourth-order valence-electron chi connectivity index (χ4n) is 4.32. The first-order valence-electron chi connectivity index (χ1n) is 12.6. The molecule has 206 valence electrons. The molecule has 3 aromatic carbocycles. The van der Waals surface area contributed by atoms with Gasteiger partial charge in [-0.25, -0.2) is 9.59 Å². The van der Waals surface area contributed by atoms with Gasteiger partial charge in [-0.15, -0.1) is 0 Å². The molecule has 0 unspecified atom stereocenters. The van der Waals surface area contributed by atoms with Gasteiger partial charge >= 0.3 is 11.9 Å². The van der Waals surface area contributed by atoms with Crippen molar-refractivity contribution < 1.29 is 33.3 Å². The molecule has 3 aromatic rings. The molecule has 0 aromatic heterocycles. The summed E-state index contributed by atoms with van der Waals surface area (Å²) in [6, 6.07) is 17.4. The van der Waals surface area contributed by atoms with Crippen LogP contribution in [0.1, 0.15) is 51.3 Å². The van der Waals surface area contributed by atoms with Crippen molar-refractivity contribution in [1.29, 1.82) is 0 Å². The number of carbonyl (C=O) groups excluding carboxylic acids is 3. The highest BCUT2D eigenvalue weighted by atomic mass is 16.5. The highest BCUT2D eigenvalue weighted by Crippen LogP contribution is 2.42. The van der Waals surface area contributed by atoms with E-state index in [0.717, 1.165) is 11.1 Å². The zero-order valence-corrected chi connectivity index (χ0v) is 23.1. The molecule has 40 heavy (non-hydrogen) atoms. The average Bonchev–Trinajstić information content (AvgIpc) is 2.97. The number of benzene rings is 3. The monoisotopic (exact) mass is 541 g/mol. The third-order valence-corrected chi connectivity index (χ3v) is 6.36. The van der Waals surface area contributed by atoms with Gasteiger partial charge in [-0.3, -0.25) is 4.79 Å². The average molecular weight is 542 g/mol. The van der Waals surface area contributed by atoms with Crippen molar-refractivity contribution in [2.24, 2.45) is 0 Å². The third-order valence-electron chi connectivity index (χ3n) is 6.36. The second-order valence-electron chi connectivity index (χ2n) is 9.63. The van der Waals surface area contributed by atoms with E-state index < -0.39 is 17.5 Å². The molecular formula is C32H31NO7. The van der Waals surface area contributed by atoms with Crippen LogP contribution in [0.5, 0.6) is 11.5 Å². The number of hydrogen-bond acceptors (Lipinski definition) is 7. The highest BCUT2D eigenvalue weighted by molar-refractivity contribution is 6.07. The first-order valence-corrected chi connectivity index (χ1v) is 12.6. The summed E-state index contributed by atoms with van der Waals surface area (Å²) in [6.45, 7) is 4.04. The second-order valence-corrected chi connectivity index (χ2v) is 9.63. The van der Waals surface area contributed by atoms with E-state index in [1.807, 2.05) is 44.2 Å². The maximum atomic E-state index is 14.0. The Labute approximate surface area is 233 Å². The van der Waals surface area contributed by atoms with Crippen LogP contribution in [0.3, 0.4) is 0 Å². The number of methoxy groups -OCH3 is 3. The van der Waals surface area contributed by atoms with Gasteiger partial charge in [0.05, 0.1) is 33.4 Å². The Morgan fingerprint density at radius 3 is 2.40 bits per heavy atom. The summed E-state index contributed by atoms with van der Waals surface area (Å²) < 4.78 is 21.6. The van der Waals surface area contributed by atoms with E-state index in [1.165, 1.54) is 26.4 Å². The number of anilines is 1. The van der Waals surface area contributed by atoms with E-state index >= 15 is 0 Å². The molecule has 4 rings (SSSR count). The van der Waals surface area contributed by atoms with Crippen molar-refractivity contribution in [3.05, 3.63) is 101 Å². The predicted molar refractivity (Wildman–Crippen MR) is 153 cm³/mol. The SMILES string of the molecule is COC(=O)C=Cc1cccc(N(Cc2ccc3c(c2OC)OC(C)(C)C=C3)C(=O)c2cccc(C(=O)OC)c2)c1. The minimum Gasteiger partial charge on any atom is -0.492 e. The Kier molecular flexibility index (Phi) is 8.38. The normalized spacial score (nSPS) is 13.2. The Morgan fingerprint density at radius 2 is 1.68 bits per heavy atom. The van der Waals surface area contributed by atoms with Gasteiger partial charge in [0.1, 0.15) is 5.60 Å². The van der Waals surface area contributed by atoms with Gasteiger partial charge < -0.3 is 23.8 Å². The fraction of sp³-hybridized carbons (Fsp3) is 0.219. The topological polar surface area (TPSA) is 91.4 Å². The number of esters is 2. The lowest BCUT2D eigenvalue weighted by atomic mass is 9.99. The third kappa shape index (κ3) is 6.23. The number of carbonyl (C=O) groups is 3. The van der Waals surface area contributed by atoms with Gasteiger partial charge in [0, 0.05) is 28.5 Å². The van der Waals surface area contributed by atoms with Crippen LogP contribution in [0.25, 0.3) is 12.2 Å². The quantitative estimate of drug-likeness (QED) is 0.267. The number of rotatable bonds is 8. The lowest BCUT2D eigenvalue weighted by molar-refractivity contribution is -0.134. The lowest BCUT2D eigenvalue weighted by Gasteiger charge is -2.31. The summed E-state index contributed by atoms with van der Waals surface area (Å²) >= 11 is 0. The molecule has 1 amide bonds. The van der Waals surface area contributed by atoms with Crippen LogP contribution < -0.4 is 14.4 Å². The molecule has 8 heteroatoms. The number of ether oxygens (including phenoxy) is 4. The molecule has 0 bridgehead atoms. The molecule has 0 fully saturated rings. The summed E-state index contributed by atoms with van der Waals surface area (Å²) in [5.74, 6) is -0.255. The minimum atomic E-state index is -0.541. The predicted octanol–water partition coefficient (Wildman–Crippen LogP) is 5.70. The zero-order chi connectivity index (χ0) is 28.9. The summed E-state index contributed by atoms with van der Waals surface area (Å²) in [5, 5.41) is 0. The molecule has 1 aliphatic heterocycles. The number of amides is 1. The van der Waals surface area contributed by atoms with E-state index in [4.69, 9.17) is 18.9 Å². The maximum Gasteiger partial charge on any atom is 0.337 e. The summed E-state index contributed by atoms with van der Waals surface area (Å²) in [6.07, 6.45) is 6.89. The molecule has 0 spiro atoms. The van der Waals surface area contributed by atoms with Crippen molar-refractivity contribution in [3.63, 3.8) is 0 Å². The molecule has 0 saturated carbocycles. The first kappa shape index (κ1) is 28.2. The maximum absolute atomic E-state index is 14.0. The Balaban J connectivity index is 1.80. The van der Waals surface area contributed by atoms with Gasteiger partial charge in [0.25, 0.3) is 5.91 Å². The highest BCUT2D eigenvalue weighted by Gasteiger charge is 2.28. The van der Waals surface area contributed by atoms with Crippen molar-refractivity contribution in [3.8, 4) is 11.5 Å². The molecule has 0 radical (unpaired) electrons. The first-order chi connectivity index (χ1) is 19.2. The van der Waals surface area contributed by atoms with Crippen LogP contribution >= 0.6 is 0 Å². The molecule has 1 aliphatic rings. The molecule has 8 nitrogen and oxygen atoms in total. The van der Waals surface area contributed by atoms with E-state index in [1.54, 1.807) is 54.5 Å². The van der Waals surface area contributed by atoms with Crippen molar-refractivity contribution in [2.75, 3.05) is 26.2 Å². The molecular weight excluding hydrogens is 510 g/mol. The van der Waals surface area contributed by atoms with E-state index in [9.17, 15) is 14.4 Å². The van der Waals surface area contributed by atoms with Crippen LogP contribution in [0.2, 0.25) is 0 Å². The molecule has 0 atom stereocenters. The molecule has 1 heterocycles. The van der Waals surface area contributed by atoms with Crippen molar-refractivity contribution in [1.82, 2.24) is 0 Å².